The van der Waals surface area contributed by atoms with Gasteiger partial charge in [0.25, 0.3) is 0 Å². The van der Waals surface area contributed by atoms with Gasteiger partial charge in [-0.1, -0.05) is 60.7 Å². The van der Waals surface area contributed by atoms with E-state index in [4.69, 9.17) is 16.3 Å². The molecule has 2 unspecified atom stereocenters. The maximum absolute atomic E-state index is 11.9. The first kappa shape index (κ1) is 21.5. The number of ether oxygens (including phenoxy) is 2. The quantitative estimate of drug-likeness (QED) is 0.622. The lowest BCUT2D eigenvalue weighted by Crippen LogP contribution is -2.30. The molecule has 0 aliphatic carbocycles. The zero-order valence-electron chi connectivity index (χ0n) is 16.0. The minimum Gasteiger partial charge on any atom is -0.449 e. The Bertz CT molecular complexity index is 778. The normalized spacial score (nSPS) is 19.7. The summed E-state index contributed by atoms with van der Waals surface area (Å²) in [6.45, 7) is 2.38. The van der Waals surface area contributed by atoms with Crippen LogP contribution in [0.25, 0.3) is 0 Å². The number of rotatable bonds is 4. The lowest BCUT2D eigenvalue weighted by Gasteiger charge is -2.16. The number of hydrogen-bond acceptors (Lipinski definition) is 5. The molecule has 4 rings (SSSR count). The standard InChI is InChI=1S/C14H17NO2S.C8H7ClO2/c16-14(17-8-11-4-2-1-3-5-11)15-6-12-9-18-10-13(12)7-15;9-8(10)11-6-7-4-2-1-3-5-7/h1-5,12-13H,6-10H2;1-5H,6H2. The van der Waals surface area contributed by atoms with Crippen LogP contribution in [0.3, 0.4) is 0 Å². The van der Waals surface area contributed by atoms with Gasteiger partial charge in [0.15, 0.2) is 0 Å². The highest BCUT2D eigenvalue weighted by Crippen LogP contribution is 2.36. The topological polar surface area (TPSA) is 55.8 Å². The van der Waals surface area contributed by atoms with Crippen LogP contribution in [0.15, 0.2) is 60.7 Å². The smallest absolute Gasteiger partial charge is 0.410 e. The van der Waals surface area contributed by atoms with Gasteiger partial charge in [-0.3, -0.25) is 0 Å². The Labute approximate surface area is 180 Å². The summed E-state index contributed by atoms with van der Waals surface area (Å²) in [4.78, 5) is 24.0. The summed E-state index contributed by atoms with van der Waals surface area (Å²) in [7, 11) is 0. The fraction of sp³-hybridized carbons (Fsp3) is 0.364. The van der Waals surface area contributed by atoms with Crippen molar-refractivity contribution in [2.45, 2.75) is 13.2 Å². The highest BCUT2D eigenvalue weighted by Gasteiger charge is 2.39. The second-order valence-electron chi connectivity index (χ2n) is 7.01. The van der Waals surface area contributed by atoms with Gasteiger partial charge in [0.05, 0.1) is 0 Å². The van der Waals surface area contributed by atoms with Crippen LogP contribution in [0.4, 0.5) is 9.59 Å². The zero-order chi connectivity index (χ0) is 20.5. The van der Waals surface area contributed by atoms with E-state index in [-0.39, 0.29) is 12.7 Å². The highest BCUT2D eigenvalue weighted by atomic mass is 35.5. The Balaban J connectivity index is 0.000000188. The SMILES string of the molecule is O=C(Cl)OCc1ccccc1.O=C(OCc1ccccc1)N1CC2CSCC2C1. The number of benzene rings is 2. The summed E-state index contributed by atoms with van der Waals surface area (Å²) in [5.74, 6) is 3.79. The minimum absolute atomic E-state index is 0.154. The molecule has 0 bridgehead atoms. The zero-order valence-corrected chi connectivity index (χ0v) is 17.6. The molecule has 0 N–H and O–H groups in total. The van der Waals surface area contributed by atoms with Gasteiger partial charge >= 0.3 is 11.5 Å². The van der Waals surface area contributed by atoms with Crippen molar-refractivity contribution in [2.24, 2.45) is 11.8 Å². The summed E-state index contributed by atoms with van der Waals surface area (Å²) in [5.41, 5.74) is 1.20. The average Bonchev–Trinajstić information content (AvgIpc) is 3.35. The average molecular weight is 434 g/mol. The van der Waals surface area contributed by atoms with Gasteiger partial charge in [-0.05, 0) is 34.5 Å². The summed E-state index contributed by atoms with van der Waals surface area (Å²) >= 11 is 6.98. The lowest BCUT2D eigenvalue weighted by molar-refractivity contribution is 0.102. The molecule has 0 aromatic heterocycles. The fourth-order valence-corrected chi connectivity index (χ4v) is 4.91. The van der Waals surface area contributed by atoms with Gasteiger partial charge in [-0.25, -0.2) is 9.59 Å². The van der Waals surface area contributed by atoms with Crippen LogP contribution in [0.2, 0.25) is 0 Å². The van der Waals surface area contributed by atoms with E-state index in [1.54, 1.807) is 0 Å². The van der Waals surface area contributed by atoms with Crippen molar-refractivity contribution >= 4 is 34.9 Å². The molecule has 5 nitrogen and oxygen atoms in total. The van der Waals surface area contributed by atoms with Crippen molar-refractivity contribution in [1.29, 1.82) is 0 Å². The van der Waals surface area contributed by atoms with Crippen LogP contribution in [0, 0.1) is 11.8 Å². The van der Waals surface area contributed by atoms with E-state index >= 15 is 0 Å². The van der Waals surface area contributed by atoms with Crippen LogP contribution in [0.1, 0.15) is 11.1 Å². The first-order chi connectivity index (χ1) is 14.1. The van der Waals surface area contributed by atoms with Crippen molar-refractivity contribution in [3.63, 3.8) is 0 Å². The first-order valence-electron chi connectivity index (χ1n) is 9.51. The number of carbonyl (C=O) groups is 2. The van der Waals surface area contributed by atoms with E-state index in [2.05, 4.69) is 4.74 Å². The number of fused-ring (bicyclic) bond motifs is 1. The molecule has 7 heteroatoms. The summed E-state index contributed by atoms with van der Waals surface area (Å²) in [5, 5.41) is 0. The van der Waals surface area contributed by atoms with E-state index in [0.717, 1.165) is 24.2 Å². The van der Waals surface area contributed by atoms with Gasteiger partial charge in [0.1, 0.15) is 13.2 Å². The molecular weight excluding hydrogens is 410 g/mol. The largest absolute Gasteiger partial charge is 0.449 e. The van der Waals surface area contributed by atoms with Crippen LogP contribution < -0.4 is 0 Å². The predicted octanol–water partition coefficient (Wildman–Crippen LogP) is 5.18. The molecule has 154 valence electrons. The monoisotopic (exact) mass is 433 g/mol. The van der Waals surface area contributed by atoms with Crippen LogP contribution in [0.5, 0.6) is 0 Å². The van der Waals surface area contributed by atoms with Crippen molar-refractivity contribution in [3.8, 4) is 0 Å². The number of carbonyl (C=O) groups excluding carboxylic acids is 2. The molecule has 2 fully saturated rings. The van der Waals surface area contributed by atoms with E-state index in [9.17, 15) is 9.59 Å². The Morgan fingerprint density at radius 1 is 0.862 bits per heavy atom. The molecule has 2 atom stereocenters. The third-order valence-corrected chi connectivity index (χ3v) is 6.34. The van der Waals surface area contributed by atoms with Crippen molar-refractivity contribution < 1.29 is 19.1 Å². The van der Waals surface area contributed by atoms with Crippen LogP contribution in [-0.4, -0.2) is 41.0 Å². The molecule has 0 radical (unpaired) electrons. The highest BCUT2D eigenvalue weighted by molar-refractivity contribution is 7.99. The van der Waals surface area contributed by atoms with Gasteiger partial charge in [0.2, 0.25) is 0 Å². The number of amides is 1. The number of halogens is 1. The number of likely N-dealkylation sites (tertiary alicyclic amines) is 1. The lowest BCUT2D eigenvalue weighted by atomic mass is 10.0. The van der Waals surface area contributed by atoms with E-state index in [0.29, 0.717) is 18.4 Å². The van der Waals surface area contributed by atoms with Gasteiger partial charge in [-0.15, -0.1) is 0 Å². The predicted molar refractivity (Wildman–Crippen MR) is 115 cm³/mol. The number of hydrogen-bond donors (Lipinski definition) is 0. The Kier molecular flexibility index (Phi) is 8.25. The van der Waals surface area contributed by atoms with Gasteiger partial charge in [-0.2, -0.15) is 11.8 Å². The second kappa shape index (κ2) is 11.1. The molecule has 0 spiro atoms. The molecule has 2 heterocycles. The molecular formula is C22H24ClNO4S. The second-order valence-corrected chi connectivity index (χ2v) is 8.40. The summed E-state index contributed by atoms with van der Waals surface area (Å²) in [6, 6.07) is 19.2. The fourth-order valence-electron chi connectivity index (χ4n) is 3.36. The molecule has 2 aromatic rings. The molecule has 29 heavy (non-hydrogen) atoms. The first-order valence-corrected chi connectivity index (χ1v) is 11.0. The molecule has 2 saturated heterocycles. The van der Waals surface area contributed by atoms with Crippen molar-refractivity contribution in [3.05, 3.63) is 71.8 Å². The third kappa shape index (κ3) is 6.98. The molecule has 1 amide bonds. The molecule has 2 aliphatic rings. The Morgan fingerprint density at radius 3 is 1.83 bits per heavy atom. The molecule has 2 aromatic carbocycles. The van der Waals surface area contributed by atoms with Gasteiger partial charge < -0.3 is 14.4 Å². The Morgan fingerprint density at radius 2 is 1.34 bits per heavy atom. The number of thioether (sulfide) groups is 1. The maximum Gasteiger partial charge on any atom is 0.410 e. The van der Waals surface area contributed by atoms with Crippen molar-refractivity contribution in [2.75, 3.05) is 24.6 Å². The number of nitrogens with zero attached hydrogens (tertiary/aromatic N) is 1. The molecule has 2 aliphatic heterocycles. The van der Waals surface area contributed by atoms with Crippen molar-refractivity contribution in [1.82, 2.24) is 4.90 Å². The van der Waals surface area contributed by atoms with Crippen LogP contribution >= 0.6 is 23.4 Å². The minimum atomic E-state index is -0.770. The maximum atomic E-state index is 11.9. The van der Waals surface area contributed by atoms with E-state index < -0.39 is 5.43 Å². The third-order valence-electron chi connectivity index (χ3n) is 4.90. The van der Waals surface area contributed by atoms with Crippen LogP contribution in [-0.2, 0) is 22.7 Å². The van der Waals surface area contributed by atoms with E-state index in [1.165, 1.54) is 11.5 Å². The summed E-state index contributed by atoms with van der Waals surface area (Å²) in [6.07, 6.45) is -0.154. The molecule has 0 saturated carbocycles. The van der Waals surface area contributed by atoms with E-state index in [1.807, 2.05) is 77.3 Å². The summed E-state index contributed by atoms with van der Waals surface area (Å²) < 4.78 is 9.91. The van der Waals surface area contributed by atoms with Gasteiger partial charge in [0, 0.05) is 24.7 Å². The Hall–Kier alpha value is -2.18.